The van der Waals surface area contributed by atoms with Gasteiger partial charge in [0.25, 0.3) is 0 Å². The molecular weight excluding hydrogens is 226 g/mol. The Morgan fingerprint density at radius 2 is 2.11 bits per heavy atom. The van der Waals surface area contributed by atoms with Gasteiger partial charge in [-0.05, 0) is 25.2 Å². The maximum absolute atomic E-state index is 5.73. The van der Waals surface area contributed by atoms with Gasteiger partial charge in [0.1, 0.15) is 11.6 Å². The van der Waals surface area contributed by atoms with E-state index in [4.69, 9.17) is 5.73 Å². The number of nitrogen functional groups attached to an aromatic ring is 1. The zero-order valence-electron chi connectivity index (χ0n) is 11.5. The van der Waals surface area contributed by atoms with Gasteiger partial charge in [0, 0.05) is 18.7 Å². The van der Waals surface area contributed by atoms with E-state index in [0.717, 1.165) is 18.2 Å². The minimum Gasteiger partial charge on any atom is -0.370 e. The summed E-state index contributed by atoms with van der Waals surface area (Å²) in [6, 6.07) is 2.38. The fourth-order valence-electron chi connectivity index (χ4n) is 2.58. The molecule has 1 heterocycles. The molecule has 1 aromatic rings. The second-order valence-corrected chi connectivity index (χ2v) is 5.60. The van der Waals surface area contributed by atoms with Gasteiger partial charge in [-0.1, -0.05) is 20.3 Å². The molecule has 0 aliphatic heterocycles. The molecule has 5 heteroatoms. The van der Waals surface area contributed by atoms with E-state index in [2.05, 4.69) is 34.4 Å². The monoisotopic (exact) mass is 249 g/mol. The molecule has 1 aliphatic rings. The lowest BCUT2D eigenvalue weighted by molar-refractivity contribution is 0.349. The van der Waals surface area contributed by atoms with Gasteiger partial charge in [0.2, 0.25) is 5.95 Å². The predicted octanol–water partition coefficient (Wildman–Crippen LogP) is 2.48. The molecule has 1 atom stereocenters. The molecule has 1 aromatic heterocycles. The van der Waals surface area contributed by atoms with Gasteiger partial charge in [-0.2, -0.15) is 9.97 Å². The molecule has 0 spiro atoms. The van der Waals surface area contributed by atoms with Crippen molar-refractivity contribution in [1.82, 2.24) is 9.97 Å². The van der Waals surface area contributed by atoms with Gasteiger partial charge in [-0.15, -0.1) is 0 Å². The van der Waals surface area contributed by atoms with Crippen molar-refractivity contribution in [2.45, 2.75) is 46.1 Å². The van der Waals surface area contributed by atoms with Crippen molar-refractivity contribution in [1.29, 1.82) is 0 Å². The molecule has 0 saturated heterocycles. The van der Waals surface area contributed by atoms with Gasteiger partial charge in [0.05, 0.1) is 0 Å². The summed E-state index contributed by atoms with van der Waals surface area (Å²) in [5.74, 6) is 1.91. The largest absolute Gasteiger partial charge is 0.370 e. The first kappa shape index (κ1) is 12.9. The second kappa shape index (κ2) is 5.00. The molecule has 1 unspecified atom stereocenters. The van der Waals surface area contributed by atoms with E-state index < -0.39 is 0 Å². The van der Waals surface area contributed by atoms with E-state index in [-0.39, 0.29) is 0 Å². The Morgan fingerprint density at radius 1 is 1.39 bits per heavy atom. The van der Waals surface area contributed by atoms with Crippen LogP contribution in [0.2, 0.25) is 0 Å². The smallest absolute Gasteiger partial charge is 0.223 e. The van der Waals surface area contributed by atoms with E-state index in [0.29, 0.717) is 17.4 Å². The summed E-state index contributed by atoms with van der Waals surface area (Å²) in [5, 5.41) is 6.66. The van der Waals surface area contributed by atoms with E-state index in [1.54, 1.807) is 0 Å². The molecule has 0 radical (unpaired) electrons. The quantitative estimate of drug-likeness (QED) is 0.764. The van der Waals surface area contributed by atoms with Crippen LogP contribution in [-0.4, -0.2) is 22.6 Å². The molecule has 5 nitrogen and oxygen atoms in total. The van der Waals surface area contributed by atoms with Crippen molar-refractivity contribution in [3.05, 3.63) is 6.07 Å². The molecule has 1 fully saturated rings. The molecule has 4 N–H and O–H groups in total. The molecule has 100 valence electrons. The summed E-state index contributed by atoms with van der Waals surface area (Å²) in [6.45, 7) is 7.46. The molecule has 0 aromatic carbocycles. The molecule has 18 heavy (non-hydrogen) atoms. The summed E-state index contributed by atoms with van der Waals surface area (Å²) >= 11 is 0. The topological polar surface area (TPSA) is 75.9 Å². The highest BCUT2D eigenvalue weighted by molar-refractivity contribution is 5.51. The van der Waals surface area contributed by atoms with E-state index in [1.165, 1.54) is 19.3 Å². The van der Waals surface area contributed by atoms with Gasteiger partial charge in [-0.3, -0.25) is 0 Å². The number of nitrogens with zero attached hydrogens (tertiary/aromatic N) is 2. The lowest BCUT2D eigenvalue weighted by atomic mass is 9.87. The van der Waals surface area contributed by atoms with Crippen LogP contribution in [-0.2, 0) is 0 Å². The standard InChI is InChI=1S/C13H23N5/c1-4-15-10-8-11(18-12(14)17-10)16-9-6-5-7-13(9,2)3/h8-9H,4-7H2,1-3H3,(H4,14,15,16,17,18). The van der Waals surface area contributed by atoms with Crippen LogP contribution in [0.15, 0.2) is 6.07 Å². The van der Waals surface area contributed by atoms with Gasteiger partial charge >= 0.3 is 0 Å². The van der Waals surface area contributed by atoms with E-state index >= 15 is 0 Å². The second-order valence-electron chi connectivity index (χ2n) is 5.60. The first-order valence-corrected chi connectivity index (χ1v) is 6.66. The third kappa shape index (κ3) is 2.83. The van der Waals surface area contributed by atoms with E-state index in [1.807, 2.05) is 13.0 Å². The summed E-state index contributed by atoms with van der Waals surface area (Å²) in [4.78, 5) is 8.41. The molecule has 2 rings (SSSR count). The van der Waals surface area contributed by atoms with Crippen LogP contribution in [0.4, 0.5) is 17.6 Å². The maximum Gasteiger partial charge on any atom is 0.223 e. The first-order valence-electron chi connectivity index (χ1n) is 6.66. The number of hydrogen-bond acceptors (Lipinski definition) is 5. The highest BCUT2D eigenvalue weighted by atomic mass is 15.1. The molecular formula is C13H23N5. The average molecular weight is 249 g/mol. The fraction of sp³-hybridized carbons (Fsp3) is 0.692. The Labute approximate surface area is 109 Å². The Balaban J connectivity index is 2.13. The summed E-state index contributed by atoms with van der Waals surface area (Å²) in [6.07, 6.45) is 3.71. The van der Waals surface area contributed by atoms with Crippen molar-refractivity contribution in [3.63, 3.8) is 0 Å². The van der Waals surface area contributed by atoms with Gasteiger partial charge in [0.15, 0.2) is 0 Å². The van der Waals surface area contributed by atoms with Crippen molar-refractivity contribution in [2.75, 3.05) is 22.9 Å². The van der Waals surface area contributed by atoms with Crippen LogP contribution in [0.3, 0.4) is 0 Å². The number of hydrogen-bond donors (Lipinski definition) is 3. The van der Waals surface area contributed by atoms with Gasteiger partial charge in [-0.25, -0.2) is 0 Å². The van der Waals surface area contributed by atoms with Gasteiger partial charge < -0.3 is 16.4 Å². The Hall–Kier alpha value is -1.52. The Kier molecular flexibility index (Phi) is 3.59. The predicted molar refractivity (Wildman–Crippen MR) is 75.7 cm³/mol. The van der Waals surface area contributed by atoms with Crippen molar-refractivity contribution in [2.24, 2.45) is 5.41 Å². The first-order chi connectivity index (χ1) is 8.51. The summed E-state index contributed by atoms with van der Waals surface area (Å²) in [7, 11) is 0. The number of nitrogens with two attached hydrogens (primary N) is 1. The van der Waals surface area contributed by atoms with Crippen LogP contribution < -0.4 is 16.4 Å². The van der Waals surface area contributed by atoms with Crippen LogP contribution >= 0.6 is 0 Å². The van der Waals surface area contributed by atoms with Crippen LogP contribution in [0.5, 0.6) is 0 Å². The highest BCUT2D eigenvalue weighted by Gasteiger charge is 2.34. The van der Waals surface area contributed by atoms with Crippen molar-refractivity contribution < 1.29 is 0 Å². The fourth-order valence-corrected chi connectivity index (χ4v) is 2.58. The maximum atomic E-state index is 5.73. The molecule has 1 saturated carbocycles. The molecule has 1 aliphatic carbocycles. The minimum absolute atomic E-state index is 0.312. The van der Waals surface area contributed by atoms with Crippen LogP contribution in [0.1, 0.15) is 40.0 Å². The normalized spacial score (nSPS) is 21.8. The van der Waals surface area contributed by atoms with Crippen molar-refractivity contribution >= 4 is 17.6 Å². The number of aromatic nitrogens is 2. The Bertz CT molecular complexity index is 416. The van der Waals surface area contributed by atoms with Crippen molar-refractivity contribution in [3.8, 4) is 0 Å². The third-order valence-electron chi connectivity index (χ3n) is 3.68. The van der Waals surface area contributed by atoms with Crippen LogP contribution in [0, 0.1) is 5.41 Å². The lowest BCUT2D eigenvalue weighted by Crippen LogP contribution is -2.31. The van der Waals surface area contributed by atoms with E-state index in [9.17, 15) is 0 Å². The highest BCUT2D eigenvalue weighted by Crippen LogP contribution is 2.38. The average Bonchev–Trinajstić information content (AvgIpc) is 2.58. The number of rotatable bonds is 4. The number of nitrogens with one attached hydrogen (secondary N) is 2. The number of anilines is 3. The lowest BCUT2D eigenvalue weighted by Gasteiger charge is -2.28. The Morgan fingerprint density at radius 3 is 2.72 bits per heavy atom. The molecule has 0 amide bonds. The zero-order valence-corrected chi connectivity index (χ0v) is 11.5. The van der Waals surface area contributed by atoms with Crippen LogP contribution in [0.25, 0.3) is 0 Å². The third-order valence-corrected chi connectivity index (χ3v) is 3.68. The zero-order chi connectivity index (χ0) is 13.2. The minimum atomic E-state index is 0.312. The summed E-state index contributed by atoms with van der Waals surface area (Å²) < 4.78 is 0. The SMILES string of the molecule is CCNc1cc(NC2CCCC2(C)C)nc(N)n1. The summed E-state index contributed by atoms with van der Waals surface area (Å²) in [5.41, 5.74) is 6.05. The molecule has 0 bridgehead atoms.